The van der Waals surface area contributed by atoms with Gasteiger partial charge in [-0.2, -0.15) is 10.2 Å². The van der Waals surface area contributed by atoms with Crippen molar-refractivity contribution >= 4 is 0 Å². The molecular formula is C20H25N5O. The fourth-order valence-electron chi connectivity index (χ4n) is 3.51. The van der Waals surface area contributed by atoms with Gasteiger partial charge in [-0.25, -0.2) is 9.67 Å². The monoisotopic (exact) mass is 351 g/mol. The van der Waals surface area contributed by atoms with E-state index in [1.807, 2.05) is 29.2 Å². The predicted octanol–water partition coefficient (Wildman–Crippen LogP) is 3.22. The topological polar surface area (TPSA) is 57.8 Å². The number of hydrogen-bond donors (Lipinski definition) is 0. The highest BCUT2D eigenvalue weighted by Gasteiger charge is 2.24. The number of hydrogen-bond acceptors (Lipinski definition) is 4. The molecule has 1 aliphatic rings. The standard InChI is InChI=1S/C20H25N5O/c1-16(14-24-11-5-10-21-24)20-22-19(18-8-12-26-13-9-18)23-25(20)15-17-6-3-2-4-7-17/h2-7,10-11,16,18H,8-9,12-15H2,1H3. The molecule has 0 N–H and O–H groups in total. The highest BCUT2D eigenvalue weighted by Crippen LogP contribution is 2.26. The van der Waals surface area contributed by atoms with Crippen LogP contribution >= 0.6 is 0 Å². The Morgan fingerprint density at radius 3 is 2.69 bits per heavy atom. The van der Waals surface area contributed by atoms with Crippen molar-refractivity contribution in [3.8, 4) is 0 Å². The van der Waals surface area contributed by atoms with Crippen molar-refractivity contribution in [3.05, 3.63) is 66.0 Å². The number of aromatic nitrogens is 5. The van der Waals surface area contributed by atoms with E-state index in [4.69, 9.17) is 14.8 Å². The zero-order valence-corrected chi connectivity index (χ0v) is 15.2. The lowest BCUT2D eigenvalue weighted by molar-refractivity contribution is 0.0835. The van der Waals surface area contributed by atoms with Crippen LogP contribution in [0, 0.1) is 0 Å². The smallest absolute Gasteiger partial charge is 0.154 e. The fourth-order valence-corrected chi connectivity index (χ4v) is 3.51. The van der Waals surface area contributed by atoms with Gasteiger partial charge in [-0.1, -0.05) is 37.3 Å². The molecule has 6 heteroatoms. The van der Waals surface area contributed by atoms with Crippen LogP contribution < -0.4 is 0 Å². The van der Waals surface area contributed by atoms with Gasteiger partial charge in [0.2, 0.25) is 0 Å². The molecule has 4 rings (SSSR count). The predicted molar refractivity (Wildman–Crippen MR) is 99.0 cm³/mol. The third-order valence-electron chi connectivity index (χ3n) is 4.94. The van der Waals surface area contributed by atoms with E-state index in [-0.39, 0.29) is 5.92 Å². The lowest BCUT2D eigenvalue weighted by Gasteiger charge is -2.18. The normalized spacial score (nSPS) is 16.7. The molecule has 1 aliphatic heterocycles. The average Bonchev–Trinajstić information content (AvgIpc) is 3.33. The van der Waals surface area contributed by atoms with Crippen LogP contribution in [0.15, 0.2) is 48.8 Å². The molecule has 3 heterocycles. The van der Waals surface area contributed by atoms with Gasteiger partial charge in [0.05, 0.1) is 13.1 Å². The van der Waals surface area contributed by atoms with Crippen molar-refractivity contribution in [2.75, 3.05) is 13.2 Å². The molecule has 3 aromatic rings. The van der Waals surface area contributed by atoms with Gasteiger partial charge in [-0.3, -0.25) is 4.68 Å². The molecule has 0 bridgehead atoms. The number of nitrogens with zero attached hydrogens (tertiary/aromatic N) is 5. The molecule has 0 saturated carbocycles. The Balaban J connectivity index is 1.61. The van der Waals surface area contributed by atoms with Crippen LogP contribution in [0.4, 0.5) is 0 Å². The molecule has 136 valence electrons. The highest BCUT2D eigenvalue weighted by atomic mass is 16.5. The van der Waals surface area contributed by atoms with Crippen LogP contribution in [-0.2, 0) is 17.8 Å². The lowest BCUT2D eigenvalue weighted by Crippen LogP contribution is -2.15. The maximum absolute atomic E-state index is 5.50. The summed E-state index contributed by atoms with van der Waals surface area (Å²) in [5.74, 6) is 2.63. The molecule has 26 heavy (non-hydrogen) atoms. The molecule has 0 amide bonds. The Hall–Kier alpha value is -2.47. The largest absolute Gasteiger partial charge is 0.381 e. The molecular weight excluding hydrogens is 326 g/mol. The number of rotatable bonds is 6. The third-order valence-corrected chi connectivity index (χ3v) is 4.94. The van der Waals surface area contributed by atoms with Crippen molar-refractivity contribution in [2.24, 2.45) is 0 Å². The van der Waals surface area contributed by atoms with Crippen LogP contribution in [0.3, 0.4) is 0 Å². The first kappa shape index (κ1) is 17.0. The molecule has 0 aliphatic carbocycles. The van der Waals surface area contributed by atoms with Crippen LogP contribution in [0.5, 0.6) is 0 Å². The SMILES string of the molecule is CC(Cn1cccn1)c1nc(C2CCOCC2)nn1Cc1ccccc1. The fraction of sp³-hybridized carbons (Fsp3) is 0.450. The summed E-state index contributed by atoms with van der Waals surface area (Å²) in [6, 6.07) is 12.4. The summed E-state index contributed by atoms with van der Waals surface area (Å²) in [5.41, 5.74) is 1.24. The molecule has 1 saturated heterocycles. The van der Waals surface area contributed by atoms with E-state index in [0.29, 0.717) is 5.92 Å². The molecule has 0 spiro atoms. The number of benzene rings is 1. The summed E-state index contributed by atoms with van der Waals surface area (Å²) >= 11 is 0. The van der Waals surface area contributed by atoms with Gasteiger partial charge in [0.1, 0.15) is 5.82 Å². The third kappa shape index (κ3) is 3.85. The first-order valence-electron chi connectivity index (χ1n) is 9.33. The van der Waals surface area contributed by atoms with Crippen molar-refractivity contribution < 1.29 is 4.74 Å². The van der Waals surface area contributed by atoms with Gasteiger partial charge in [0.25, 0.3) is 0 Å². The summed E-state index contributed by atoms with van der Waals surface area (Å²) in [4.78, 5) is 4.97. The van der Waals surface area contributed by atoms with Crippen molar-refractivity contribution in [2.45, 2.75) is 44.7 Å². The zero-order valence-electron chi connectivity index (χ0n) is 15.2. The summed E-state index contributed by atoms with van der Waals surface area (Å²) in [5, 5.41) is 9.23. The Labute approximate surface area is 153 Å². The van der Waals surface area contributed by atoms with E-state index in [1.165, 1.54) is 5.56 Å². The van der Waals surface area contributed by atoms with Gasteiger partial charge < -0.3 is 4.74 Å². The van der Waals surface area contributed by atoms with E-state index >= 15 is 0 Å². The van der Waals surface area contributed by atoms with Crippen LogP contribution in [0.1, 0.15) is 48.8 Å². The van der Waals surface area contributed by atoms with Gasteiger partial charge in [-0.15, -0.1) is 0 Å². The summed E-state index contributed by atoms with van der Waals surface area (Å²) in [6.45, 7) is 5.34. The molecule has 2 aromatic heterocycles. The van der Waals surface area contributed by atoms with Crippen LogP contribution in [-0.4, -0.2) is 37.8 Å². The van der Waals surface area contributed by atoms with Crippen molar-refractivity contribution in [3.63, 3.8) is 0 Å². The Morgan fingerprint density at radius 1 is 1.15 bits per heavy atom. The first-order chi connectivity index (χ1) is 12.8. The first-order valence-corrected chi connectivity index (χ1v) is 9.33. The minimum absolute atomic E-state index is 0.236. The Bertz CT molecular complexity index is 806. The van der Waals surface area contributed by atoms with E-state index < -0.39 is 0 Å². The minimum atomic E-state index is 0.236. The second-order valence-electron chi connectivity index (χ2n) is 6.99. The van der Waals surface area contributed by atoms with Gasteiger partial charge in [0, 0.05) is 37.4 Å². The maximum atomic E-state index is 5.50. The van der Waals surface area contributed by atoms with Crippen LogP contribution in [0.2, 0.25) is 0 Å². The summed E-state index contributed by atoms with van der Waals surface area (Å²) < 4.78 is 9.53. The number of ether oxygens (including phenoxy) is 1. The molecule has 0 radical (unpaired) electrons. The van der Waals surface area contributed by atoms with E-state index in [2.05, 4.69) is 41.0 Å². The van der Waals surface area contributed by atoms with Crippen molar-refractivity contribution in [1.82, 2.24) is 24.5 Å². The summed E-state index contributed by atoms with van der Waals surface area (Å²) in [6.07, 6.45) is 5.81. The van der Waals surface area contributed by atoms with Gasteiger partial charge >= 0.3 is 0 Å². The molecule has 1 atom stereocenters. The lowest BCUT2D eigenvalue weighted by atomic mass is 10.00. The van der Waals surface area contributed by atoms with Crippen molar-refractivity contribution in [1.29, 1.82) is 0 Å². The summed E-state index contributed by atoms with van der Waals surface area (Å²) in [7, 11) is 0. The highest BCUT2D eigenvalue weighted by molar-refractivity contribution is 5.16. The Kier molecular flexibility index (Phi) is 5.11. The second-order valence-corrected chi connectivity index (χ2v) is 6.99. The maximum Gasteiger partial charge on any atom is 0.154 e. The van der Waals surface area contributed by atoms with E-state index in [0.717, 1.165) is 50.8 Å². The van der Waals surface area contributed by atoms with E-state index in [1.54, 1.807) is 0 Å². The molecule has 1 fully saturated rings. The van der Waals surface area contributed by atoms with E-state index in [9.17, 15) is 0 Å². The molecule has 1 aromatic carbocycles. The second kappa shape index (κ2) is 7.83. The van der Waals surface area contributed by atoms with Crippen LogP contribution in [0.25, 0.3) is 0 Å². The minimum Gasteiger partial charge on any atom is -0.381 e. The average molecular weight is 351 g/mol. The Morgan fingerprint density at radius 2 is 1.96 bits per heavy atom. The zero-order chi connectivity index (χ0) is 17.8. The van der Waals surface area contributed by atoms with Gasteiger partial charge in [0.15, 0.2) is 5.82 Å². The van der Waals surface area contributed by atoms with Gasteiger partial charge in [-0.05, 0) is 24.5 Å². The molecule has 1 unspecified atom stereocenters. The molecule has 6 nitrogen and oxygen atoms in total. The quantitative estimate of drug-likeness (QED) is 0.684.